The second-order valence-corrected chi connectivity index (χ2v) is 7.09. The van der Waals surface area contributed by atoms with Crippen molar-refractivity contribution in [1.29, 1.82) is 0 Å². The zero-order valence-corrected chi connectivity index (χ0v) is 16.0. The fourth-order valence-corrected chi connectivity index (χ4v) is 3.82. The zero-order valence-electron chi connectivity index (χ0n) is 15.2. The first-order chi connectivity index (χ1) is 13.3. The molecule has 0 unspecified atom stereocenters. The van der Waals surface area contributed by atoms with Crippen molar-refractivity contribution in [2.45, 2.75) is 0 Å². The van der Waals surface area contributed by atoms with E-state index in [2.05, 4.69) is 39.4 Å². The number of aromatic nitrogens is 1. The normalized spacial score (nSPS) is 14.6. The molecule has 1 aliphatic rings. The van der Waals surface area contributed by atoms with Gasteiger partial charge in [0.1, 0.15) is 5.82 Å². The number of nitrogens with zero attached hydrogens (tertiary/aromatic N) is 3. The number of benzene rings is 2. The van der Waals surface area contributed by atoms with E-state index in [9.17, 15) is 0 Å². The number of piperazine rings is 1. The summed E-state index contributed by atoms with van der Waals surface area (Å²) in [5.41, 5.74) is 8.88. The standard InChI is InChI=1S/C21H24ClN5/c22-17-6-2-4-8-20(17)26-11-13-27(14-12-26)21-15-19(24-10-9-23)16-5-1-3-7-18(16)25-21/h1-8,15H,9-14,23H2,(H,24,25). The molecular weight excluding hydrogens is 358 g/mol. The van der Waals surface area contributed by atoms with Crippen LogP contribution in [0.3, 0.4) is 0 Å². The van der Waals surface area contributed by atoms with Crippen LogP contribution in [0.15, 0.2) is 54.6 Å². The molecule has 1 aromatic heterocycles. The minimum absolute atomic E-state index is 0.600. The van der Waals surface area contributed by atoms with Gasteiger partial charge in [0.15, 0.2) is 0 Å². The van der Waals surface area contributed by atoms with E-state index in [0.29, 0.717) is 6.54 Å². The maximum Gasteiger partial charge on any atom is 0.131 e. The summed E-state index contributed by atoms with van der Waals surface area (Å²) in [6.07, 6.45) is 0. The Labute approximate surface area is 164 Å². The Morgan fingerprint density at radius 3 is 2.44 bits per heavy atom. The Bertz CT molecular complexity index is 921. The van der Waals surface area contributed by atoms with Gasteiger partial charge in [0.05, 0.1) is 16.2 Å². The van der Waals surface area contributed by atoms with Gasteiger partial charge in [0.2, 0.25) is 0 Å². The van der Waals surface area contributed by atoms with Crippen molar-refractivity contribution in [2.24, 2.45) is 5.73 Å². The van der Waals surface area contributed by atoms with Crippen molar-refractivity contribution in [3.05, 3.63) is 59.6 Å². The largest absolute Gasteiger partial charge is 0.383 e. The molecule has 0 saturated carbocycles. The number of hydrogen-bond acceptors (Lipinski definition) is 5. The first-order valence-electron chi connectivity index (χ1n) is 9.34. The fraction of sp³-hybridized carbons (Fsp3) is 0.286. The van der Waals surface area contributed by atoms with Crippen LogP contribution < -0.4 is 20.9 Å². The summed E-state index contributed by atoms with van der Waals surface area (Å²) in [6.45, 7) is 5.00. The third-order valence-corrected chi connectivity index (χ3v) is 5.28. The zero-order chi connectivity index (χ0) is 18.6. The Hall–Kier alpha value is -2.50. The smallest absolute Gasteiger partial charge is 0.131 e. The maximum atomic E-state index is 6.36. The average Bonchev–Trinajstić information content (AvgIpc) is 2.72. The molecule has 4 rings (SSSR count). The van der Waals surface area contributed by atoms with Gasteiger partial charge in [0, 0.05) is 56.4 Å². The van der Waals surface area contributed by atoms with Crippen LogP contribution in [0.1, 0.15) is 0 Å². The highest BCUT2D eigenvalue weighted by Gasteiger charge is 2.20. The average molecular weight is 382 g/mol. The number of para-hydroxylation sites is 2. The summed E-state index contributed by atoms with van der Waals surface area (Å²) in [4.78, 5) is 9.57. The molecule has 0 aliphatic carbocycles. The molecular formula is C21H24ClN5. The van der Waals surface area contributed by atoms with Crippen molar-refractivity contribution >= 4 is 39.7 Å². The Kier molecular flexibility index (Phi) is 5.32. The monoisotopic (exact) mass is 381 g/mol. The quantitative estimate of drug-likeness (QED) is 0.707. The molecule has 140 valence electrons. The molecule has 0 spiro atoms. The van der Waals surface area contributed by atoms with Crippen LogP contribution in [-0.2, 0) is 0 Å². The minimum atomic E-state index is 0.600. The molecule has 0 amide bonds. The van der Waals surface area contributed by atoms with Gasteiger partial charge in [-0.2, -0.15) is 0 Å². The topological polar surface area (TPSA) is 57.4 Å². The number of fused-ring (bicyclic) bond motifs is 1. The summed E-state index contributed by atoms with van der Waals surface area (Å²) in [7, 11) is 0. The van der Waals surface area contributed by atoms with Crippen LogP contribution in [0.25, 0.3) is 10.9 Å². The Morgan fingerprint density at radius 2 is 1.67 bits per heavy atom. The number of nitrogens with two attached hydrogens (primary N) is 1. The molecule has 0 atom stereocenters. The van der Waals surface area contributed by atoms with Gasteiger partial charge in [0.25, 0.3) is 0 Å². The predicted octanol–water partition coefficient (Wildman–Crippen LogP) is 3.59. The van der Waals surface area contributed by atoms with E-state index >= 15 is 0 Å². The van der Waals surface area contributed by atoms with Crippen LogP contribution in [0, 0.1) is 0 Å². The van der Waals surface area contributed by atoms with E-state index in [0.717, 1.165) is 65.8 Å². The van der Waals surface area contributed by atoms with E-state index in [1.54, 1.807) is 0 Å². The molecule has 2 aromatic carbocycles. The number of hydrogen-bond donors (Lipinski definition) is 2. The molecule has 0 radical (unpaired) electrons. The Balaban J connectivity index is 1.56. The third kappa shape index (κ3) is 3.80. The van der Waals surface area contributed by atoms with E-state index in [1.165, 1.54) is 0 Å². The summed E-state index contributed by atoms with van der Waals surface area (Å²) in [5.74, 6) is 1.01. The second-order valence-electron chi connectivity index (χ2n) is 6.69. The molecule has 1 saturated heterocycles. The lowest BCUT2D eigenvalue weighted by molar-refractivity contribution is 0.648. The van der Waals surface area contributed by atoms with Crippen molar-refractivity contribution in [3.63, 3.8) is 0 Å². The molecule has 1 aliphatic heterocycles. The fourth-order valence-electron chi connectivity index (χ4n) is 3.56. The maximum absolute atomic E-state index is 6.36. The molecule has 2 heterocycles. The number of rotatable bonds is 5. The Morgan fingerprint density at radius 1 is 0.963 bits per heavy atom. The van der Waals surface area contributed by atoms with Crippen LogP contribution in [0.5, 0.6) is 0 Å². The third-order valence-electron chi connectivity index (χ3n) is 4.96. The van der Waals surface area contributed by atoms with Gasteiger partial charge >= 0.3 is 0 Å². The lowest BCUT2D eigenvalue weighted by atomic mass is 10.1. The van der Waals surface area contributed by atoms with E-state index < -0.39 is 0 Å². The van der Waals surface area contributed by atoms with Gasteiger partial charge < -0.3 is 20.9 Å². The second kappa shape index (κ2) is 8.03. The van der Waals surface area contributed by atoms with Gasteiger partial charge in [-0.15, -0.1) is 0 Å². The van der Waals surface area contributed by atoms with Gasteiger partial charge in [-0.05, 0) is 18.2 Å². The van der Waals surface area contributed by atoms with Crippen LogP contribution >= 0.6 is 11.6 Å². The first kappa shape index (κ1) is 17.9. The van der Waals surface area contributed by atoms with Crippen LogP contribution in [-0.4, -0.2) is 44.3 Å². The van der Waals surface area contributed by atoms with E-state index in [4.69, 9.17) is 22.3 Å². The molecule has 5 nitrogen and oxygen atoms in total. The molecule has 3 N–H and O–H groups in total. The SMILES string of the molecule is NCCNc1cc(N2CCN(c3ccccc3Cl)CC2)nc2ccccc12. The highest BCUT2D eigenvalue weighted by molar-refractivity contribution is 6.33. The van der Waals surface area contributed by atoms with Crippen molar-refractivity contribution in [3.8, 4) is 0 Å². The van der Waals surface area contributed by atoms with Crippen LogP contribution in [0.2, 0.25) is 5.02 Å². The first-order valence-corrected chi connectivity index (χ1v) is 9.72. The summed E-state index contributed by atoms with van der Waals surface area (Å²) < 4.78 is 0. The van der Waals surface area contributed by atoms with Gasteiger partial charge in [-0.1, -0.05) is 41.9 Å². The lowest BCUT2D eigenvalue weighted by Gasteiger charge is -2.37. The summed E-state index contributed by atoms with van der Waals surface area (Å²) >= 11 is 6.36. The van der Waals surface area contributed by atoms with Crippen molar-refractivity contribution < 1.29 is 0 Å². The lowest BCUT2D eigenvalue weighted by Crippen LogP contribution is -2.47. The van der Waals surface area contributed by atoms with Crippen molar-refractivity contribution in [2.75, 3.05) is 54.4 Å². The van der Waals surface area contributed by atoms with E-state index in [1.807, 2.05) is 30.3 Å². The van der Waals surface area contributed by atoms with E-state index in [-0.39, 0.29) is 0 Å². The minimum Gasteiger partial charge on any atom is -0.383 e. The molecule has 27 heavy (non-hydrogen) atoms. The highest BCUT2D eigenvalue weighted by Crippen LogP contribution is 2.30. The molecule has 6 heteroatoms. The molecule has 3 aromatic rings. The predicted molar refractivity (Wildman–Crippen MR) is 115 cm³/mol. The number of halogens is 1. The number of anilines is 3. The number of nitrogens with one attached hydrogen (secondary N) is 1. The molecule has 1 fully saturated rings. The van der Waals surface area contributed by atoms with Crippen molar-refractivity contribution in [1.82, 2.24) is 4.98 Å². The molecule has 0 bridgehead atoms. The van der Waals surface area contributed by atoms with Crippen LogP contribution in [0.4, 0.5) is 17.2 Å². The highest BCUT2D eigenvalue weighted by atomic mass is 35.5. The summed E-state index contributed by atoms with van der Waals surface area (Å²) in [5, 5.41) is 5.38. The number of pyridine rings is 1. The van der Waals surface area contributed by atoms with Gasteiger partial charge in [-0.3, -0.25) is 0 Å². The summed E-state index contributed by atoms with van der Waals surface area (Å²) in [6, 6.07) is 18.4. The van der Waals surface area contributed by atoms with Gasteiger partial charge in [-0.25, -0.2) is 4.98 Å².